The van der Waals surface area contributed by atoms with Crippen molar-refractivity contribution in [3.8, 4) is 11.3 Å². The molecule has 210 valence electrons. The topological polar surface area (TPSA) is 81.9 Å². The molecule has 0 saturated carbocycles. The Kier molecular flexibility index (Phi) is 7.42. The highest BCUT2D eigenvalue weighted by atomic mass is 35.5. The maximum Gasteiger partial charge on any atom is 0.231 e. The van der Waals surface area contributed by atoms with Crippen molar-refractivity contribution in [3.63, 3.8) is 0 Å². The first-order valence-electron chi connectivity index (χ1n) is 14.2. The van der Waals surface area contributed by atoms with Gasteiger partial charge in [-0.1, -0.05) is 41.9 Å². The van der Waals surface area contributed by atoms with Gasteiger partial charge in [-0.2, -0.15) is 5.10 Å². The number of nitrogens with zero attached hydrogens (tertiary/aromatic N) is 5. The van der Waals surface area contributed by atoms with Gasteiger partial charge < -0.3 is 19.8 Å². The third-order valence-corrected chi connectivity index (χ3v) is 9.07. The van der Waals surface area contributed by atoms with E-state index in [1.807, 2.05) is 57.8 Å². The van der Waals surface area contributed by atoms with Crippen LogP contribution in [0.15, 0.2) is 42.5 Å². The largest absolute Gasteiger partial charge is 0.390 e. The van der Waals surface area contributed by atoms with Gasteiger partial charge in [0.2, 0.25) is 11.8 Å². The van der Waals surface area contributed by atoms with Crippen molar-refractivity contribution in [2.75, 3.05) is 31.1 Å². The van der Waals surface area contributed by atoms with E-state index in [1.54, 1.807) is 6.92 Å². The minimum Gasteiger partial charge on any atom is -0.390 e. The van der Waals surface area contributed by atoms with E-state index in [-0.39, 0.29) is 17.9 Å². The summed E-state index contributed by atoms with van der Waals surface area (Å²) >= 11 is 6.44. The predicted molar refractivity (Wildman–Crippen MR) is 155 cm³/mol. The average molecular weight is 562 g/mol. The Morgan fingerprint density at radius 3 is 2.65 bits per heavy atom. The zero-order valence-corrected chi connectivity index (χ0v) is 23.9. The van der Waals surface area contributed by atoms with E-state index in [4.69, 9.17) is 16.7 Å². The number of aliphatic hydroxyl groups excluding tert-OH is 1. The predicted octanol–water partition coefficient (Wildman–Crippen LogP) is 3.83. The molecular weight excluding hydrogens is 526 g/mol. The van der Waals surface area contributed by atoms with E-state index < -0.39 is 6.10 Å². The third-order valence-electron chi connectivity index (χ3n) is 8.66. The lowest BCUT2D eigenvalue weighted by molar-refractivity contribution is -0.129. The van der Waals surface area contributed by atoms with Gasteiger partial charge in [-0.25, -0.2) is 0 Å². The van der Waals surface area contributed by atoms with Crippen molar-refractivity contribution < 1.29 is 14.7 Å². The van der Waals surface area contributed by atoms with Crippen LogP contribution in [-0.4, -0.2) is 74.8 Å². The number of aliphatic hydroxyl groups is 1. The minimum absolute atomic E-state index is 0.0499. The fraction of sp³-hybridized carbons (Fsp3) is 0.452. The summed E-state index contributed by atoms with van der Waals surface area (Å²) < 4.78 is 1.94. The lowest BCUT2D eigenvalue weighted by atomic mass is 10.00. The van der Waals surface area contributed by atoms with Crippen LogP contribution in [0.4, 0.5) is 5.69 Å². The van der Waals surface area contributed by atoms with Crippen molar-refractivity contribution in [1.82, 2.24) is 19.6 Å². The van der Waals surface area contributed by atoms with E-state index in [0.29, 0.717) is 44.0 Å². The van der Waals surface area contributed by atoms with E-state index in [2.05, 4.69) is 11.0 Å². The van der Waals surface area contributed by atoms with Crippen molar-refractivity contribution in [3.05, 3.63) is 69.9 Å². The first-order chi connectivity index (χ1) is 19.3. The molecule has 8 nitrogen and oxygen atoms in total. The Morgan fingerprint density at radius 1 is 1.12 bits per heavy atom. The number of amides is 2. The van der Waals surface area contributed by atoms with Gasteiger partial charge >= 0.3 is 0 Å². The number of hydrogen-bond acceptors (Lipinski definition) is 5. The molecule has 6 rings (SSSR count). The maximum absolute atomic E-state index is 12.7. The van der Waals surface area contributed by atoms with Crippen molar-refractivity contribution >= 4 is 29.1 Å². The average Bonchev–Trinajstić information content (AvgIpc) is 3.47. The van der Waals surface area contributed by atoms with Crippen LogP contribution in [0.1, 0.15) is 42.1 Å². The molecule has 0 radical (unpaired) electrons. The number of likely N-dealkylation sites (tertiary alicyclic amines) is 1. The van der Waals surface area contributed by atoms with Crippen LogP contribution in [0.2, 0.25) is 5.02 Å². The number of anilines is 1. The van der Waals surface area contributed by atoms with E-state index >= 15 is 0 Å². The summed E-state index contributed by atoms with van der Waals surface area (Å²) in [5, 5.41) is 16.8. The van der Waals surface area contributed by atoms with Gasteiger partial charge in [0.05, 0.1) is 24.8 Å². The van der Waals surface area contributed by atoms with Gasteiger partial charge in [0.1, 0.15) is 0 Å². The molecule has 0 bridgehead atoms. The zero-order chi connectivity index (χ0) is 28.0. The molecule has 1 N–H and O–H groups in total. The second-order valence-electron chi connectivity index (χ2n) is 11.4. The fourth-order valence-corrected chi connectivity index (χ4v) is 6.66. The minimum atomic E-state index is -0.588. The number of para-hydroxylation sites is 1. The normalized spacial score (nSPS) is 18.6. The van der Waals surface area contributed by atoms with Crippen LogP contribution in [-0.2, 0) is 35.5 Å². The SMILES string of the molecule is CC(=O)N1CCc2c(c(-c3ccc(C)c(Cl)c3)nn2CC(O)CN2CCC(N3C(=O)Cc4ccccc43)CC2)C1. The fourth-order valence-electron chi connectivity index (χ4n) is 6.48. The number of aromatic nitrogens is 2. The van der Waals surface area contributed by atoms with Gasteiger partial charge in [0.15, 0.2) is 0 Å². The number of carbonyl (C=O) groups excluding carboxylic acids is 2. The molecule has 1 unspecified atom stereocenters. The molecule has 1 atom stereocenters. The number of piperidine rings is 1. The number of aryl methyl sites for hydroxylation is 1. The molecule has 0 spiro atoms. The molecule has 3 aliphatic rings. The number of fused-ring (bicyclic) bond motifs is 2. The molecule has 2 amide bonds. The quantitative estimate of drug-likeness (QED) is 0.495. The Labute approximate surface area is 240 Å². The number of benzene rings is 2. The van der Waals surface area contributed by atoms with Gasteiger partial charge in [0.25, 0.3) is 0 Å². The second-order valence-corrected chi connectivity index (χ2v) is 11.8. The molecule has 1 saturated heterocycles. The van der Waals surface area contributed by atoms with Crippen molar-refractivity contribution in [2.45, 2.75) is 64.8 Å². The highest BCUT2D eigenvalue weighted by molar-refractivity contribution is 6.31. The first-order valence-corrected chi connectivity index (χ1v) is 14.6. The number of rotatable bonds is 6. The summed E-state index contributed by atoms with van der Waals surface area (Å²) in [5.74, 6) is 0.242. The molecular formula is C31H36ClN5O3. The first kappa shape index (κ1) is 27.0. The molecule has 4 heterocycles. The van der Waals surface area contributed by atoms with Crippen molar-refractivity contribution in [1.29, 1.82) is 0 Å². The third kappa shape index (κ3) is 5.16. The standard InChI is InChI=1S/C31H36ClN5O3/c1-20-7-8-23(15-27(20)32)31-26-19-35(21(2)38)14-11-29(26)36(33-31)18-25(39)17-34-12-9-24(10-13-34)37-28-6-4-3-5-22(28)16-30(37)40/h3-8,15,24-25,39H,9-14,16-19H2,1-2H3. The van der Waals surface area contributed by atoms with Crippen LogP contribution < -0.4 is 4.90 Å². The monoisotopic (exact) mass is 561 g/mol. The summed E-state index contributed by atoms with van der Waals surface area (Å²) in [4.78, 5) is 31.0. The van der Waals surface area contributed by atoms with Crippen LogP contribution >= 0.6 is 11.6 Å². The maximum atomic E-state index is 12.7. The Hall–Kier alpha value is -3.20. The van der Waals surface area contributed by atoms with Crippen LogP contribution in [0.3, 0.4) is 0 Å². The van der Waals surface area contributed by atoms with Gasteiger partial charge in [0, 0.05) is 79.6 Å². The molecule has 9 heteroatoms. The zero-order valence-electron chi connectivity index (χ0n) is 23.1. The number of β-amino-alcohol motifs (C(OH)–C–C–N with tert-alkyl or cyclic N) is 1. The molecule has 1 fully saturated rings. The van der Waals surface area contributed by atoms with E-state index in [1.165, 1.54) is 0 Å². The molecule has 3 aliphatic heterocycles. The molecule has 1 aromatic heterocycles. The van der Waals surface area contributed by atoms with Crippen molar-refractivity contribution in [2.24, 2.45) is 0 Å². The second kappa shape index (κ2) is 11.0. The summed E-state index contributed by atoms with van der Waals surface area (Å²) in [6, 6.07) is 14.2. The van der Waals surface area contributed by atoms with Crippen LogP contribution in [0.25, 0.3) is 11.3 Å². The number of hydrogen-bond donors (Lipinski definition) is 1. The Bertz CT molecular complexity index is 1440. The van der Waals surface area contributed by atoms with Gasteiger partial charge in [-0.15, -0.1) is 0 Å². The Balaban J connectivity index is 1.14. The summed E-state index contributed by atoms with van der Waals surface area (Å²) in [5.41, 5.74) is 7.03. The highest BCUT2D eigenvalue weighted by Crippen LogP contribution is 2.34. The van der Waals surface area contributed by atoms with Gasteiger partial charge in [-0.05, 0) is 43.0 Å². The molecule has 40 heavy (non-hydrogen) atoms. The molecule has 0 aliphatic carbocycles. The van der Waals surface area contributed by atoms with E-state index in [9.17, 15) is 14.7 Å². The summed E-state index contributed by atoms with van der Waals surface area (Å²) in [6.07, 6.45) is 2.39. The van der Waals surface area contributed by atoms with Crippen LogP contribution in [0, 0.1) is 6.92 Å². The summed E-state index contributed by atoms with van der Waals surface area (Å²) in [6.45, 7) is 7.34. The summed E-state index contributed by atoms with van der Waals surface area (Å²) in [7, 11) is 0. The van der Waals surface area contributed by atoms with E-state index in [0.717, 1.165) is 65.3 Å². The Morgan fingerprint density at radius 2 is 1.90 bits per heavy atom. The molecule has 2 aromatic carbocycles. The number of carbonyl (C=O) groups is 2. The lowest BCUT2D eigenvalue weighted by Crippen LogP contribution is -2.48. The highest BCUT2D eigenvalue weighted by Gasteiger charge is 2.35. The van der Waals surface area contributed by atoms with Gasteiger partial charge in [-0.3, -0.25) is 14.3 Å². The lowest BCUT2D eigenvalue weighted by Gasteiger charge is -2.37. The smallest absolute Gasteiger partial charge is 0.231 e. The van der Waals surface area contributed by atoms with Crippen LogP contribution in [0.5, 0.6) is 0 Å². The number of halogens is 1. The molecule has 3 aromatic rings.